The second-order valence-corrected chi connectivity index (χ2v) is 5.59. The molecule has 0 amide bonds. The molecule has 1 heterocycles. The molecule has 0 aliphatic heterocycles. The van der Waals surface area contributed by atoms with Crippen LogP contribution in [0.15, 0.2) is 30.5 Å². The average Bonchev–Trinajstić information content (AvgIpc) is 2.81. The lowest BCUT2D eigenvalue weighted by molar-refractivity contribution is -0.131. The molecule has 0 saturated heterocycles. The maximum atomic E-state index is 10.4. The number of carbonyl (C=O) groups is 1. The van der Waals surface area contributed by atoms with Gasteiger partial charge in [-0.25, -0.2) is 9.78 Å². The van der Waals surface area contributed by atoms with E-state index in [1.165, 1.54) is 17.4 Å². The van der Waals surface area contributed by atoms with Crippen LogP contribution in [0.25, 0.3) is 6.08 Å². The molecule has 104 valence electrons. The number of rotatable bonds is 5. The summed E-state index contributed by atoms with van der Waals surface area (Å²) in [6, 6.07) is 6.04. The number of thiazole rings is 1. The molecule has 4 nitrogen and oxygen atoms in total. The lowest BCUT2D eigenvalue weighted by atomic mass is 10.1. The predicted molar refractivity (Wildman–Crippen MR) is 79.0 cm³/mol. The minimum Gasteiger partial charge on any atom is -0.486 e. The number of hydrogen-bond acceptors (Lipinski definition) is 4. The largest absolute Gasteiger partial charge is 0.486 e. The molecule has 2 aromatic rings. The second kappa shape index (κ2) is 6.34. The number of benzene rings is 1. The molecule has 0 fully saturated rings. The molecule has 0 aliphatic rings. The maximum absolute atomic E-state index is 10.4. The van der Waals surface area contributed by atoms with Gasteiger partial charge in [0.2, 0.25) is 0 Å². The van der Waals surface area contributed by atoms with E-state index in [-0.39, 0.29) is 0 Å². The summed E-state index contributed by atoms with van der Waals surface area (Å²) in [7, 11) is 0. The lowest BCUT2D eigenvalue weighted by Crippen LogP contribution is -1.95. The first-order chi connectivity index (χ1) is 9.52. The summed E-state index contributed by atoms with van der Waals surface area (Å²) in [6.45, 7) is 4.44. The van der Waals surface area contributed by atoms with Gasteiger partial charge in [0.15, 0.2) is 0 Å². The average molecular weight is 289 g/mol. The van der Waals surface area contributed by atoms with Crippen molar-refractivity contribution in [2.75, 3.05) is 0 Å². The normalized spacial score (nSPS) is 10.9. The van der Waals surface area contributed by atoms with E-state index in [1.807, 2.05) is 26.0 Å². The molecule has 2 rings (SSSR count). The molecule has 0 atom stereocenters. The molecule has 20 heavy (non-hydrogen) atoms. The zero-order valence-corrected chi connectivity index (χ0v) is 12.1. The van der Waals surface area contributed by atoms with Gasteiger partial charge in [-0.3, -0.25) is 0 Å². The highest BCUT2D eigenvalue weighted by molar-refractivity contribution is 7.12. The molecule has 0 aliphatic carbocycles. The minimum atomic E-state index is -0.966. The molecular formula is C15H15NO3S. The number of aromatic nitrogens is 1. The highest BCUT2D eigenvalue weighted by Gasteiger charge is 2.03. The predicted octanol–water partition coefficient (Wildman–Crippen LogP) is 3.44. The van der Waals surface area contributed by atoms with E-state index < -0.39 is 5.97 Å². The fraction of sp³-hybridized carbons (Fsp3) is 0.200. The molecule has 0 unspecified atom stereocenters. The molecule has 0 radical (unpaired) electrons. The van der Waals surface area contributed by atoms with Gasteiger partial charge in [-0.1, -0.05) is 6.07 Å². The number of carboxylic acid groups (broad SMARTS) is 1. The topological polar surface area (TPSA) is 59.4 Å². The van der Waals surface area contributed by atoms with E-state index in [2.05, 4.69) is 11.1 Å². The van der Waals surface area contributed by atoms with Crippen molar-refractivity contribution >= 4 is 23.4 Å². The van der Waals surface area contributed by atoms with Gasteiger partial charge in [-0.05, 0) is 43.2 Å². The Kier molecular flexibility index (Phi) is 4.53. The Morgan fingerprint density at radius 2 is 2.05 bits per heavy atom. The molecule has 0 bridgehead atoms. The van der Waals surface area contributed by atoms with Crippen LogP contribution in [0.4, 0.5) is 0 Å². The van der Waals surface area contributed by atoms with Crippen LogP contribution in [0, 0.1) is 13.8 Å². The second-order valence-electron chi connectivity index (χ2n) is 4.44. The summed E-state index contributed by atoms with van der Waals surface area (Å²) in [5.74, 6) is -0.147. The summed E-state index contributed by atoms with van der Waals surface area (Å²) in [4.78, 5) is 15.4. The van der Waals surface area contributed by atoms with Crippen LogP contribution in [0.1, 0.15) is 21.0 Å². The van der Waals surface area contributed by atoms with Crippen LogP contribution in [0.3, 0.4) is 0 Å². The molecular weight excluding hydrogens is 274 g/mol. The van der Waals surface area contributed by atoms with Gasteiger partial charge < -0.3 is 9.84 Å². The Hall–Kier alpha value is -2.14. The Labute approximate surface area is 121 Å². The number of carboxylic acids is 1. The van der Waals surface area contributed by atoms with Gasteiger partial charge in [0.25, 0.3) is 0 Å². The molecule has 1 aromatic carbocycles. The number of nitrogens with zero attached hydrogens (tertiary/aromatic N) is 1. The van der Waals surface area contributed by atoms with E-state index in [0.717, 1.165) is 32.8 Å². The quantitative estimate of drug-likeness (QED) is 0.857. The van der Waals surface area contributed by atoms with Crippen LogP contribution < -0.4 is 4.74 Å². The zero-order chi connectivity index (χ0) is 14.5. The van der Waals surface area contributed by atoms with Gasteiger partial charge in [0.1, 0.15) is 17.4 Å². The third kappa shape index (κ3) is 4.20. The Balaban J connectivity index is 1.99. The number of aryl methyl sites for hydroxylation is 2. The van der Waals surface area contributed by atoms with Crippen molar-refractivity contribution < 1.29 is 14.6 Å². The summed E-state index contributed by atoms with van der Waals surface area (Å²) in [6.07, 6.45) is 4.27. The van der Waals surface area contributed by atoms with Gasteiger partial charge in [0.05, 0.1) is 0 Å². The standard InChI is InChI=1S/C15H15NO3S/c1-10-5-11(2)7-12(6-10)19-9-14-16-8-13(20-14)3-4-15(17)18/h3-8H,9H2,1-2H3,(H,17,18)/b4-3+. The van der Waals surface area contributed by atoms with Crippen molar-refractivity contribution in [3.05, 3.63) is 51.5 Å². The highest BCUT2D eigenvalue weighted by Crippen LogP contribution is 2.20. The van der Waals surface area contributed by atoms with Crippen molar-refractivity contribution in [1.29, 1.82) is 0 Å². The van der Waals surface area contributed by atoms with Crippen LogP contribution in [-0.2, 0) is 11.4 Å². The molecule has 0 saturated carbocycles. The van der Waals surface area contributed by atoms with Gasteiger partial charge >= 0.3 is 5.97 Å². The molecule has 1 N–H and O–H groups in total. The molecule has 0 spiro atoms. The minimum absolute atomic E-state index is 0.383. The van der Waals surface area contributed by atoms with Gasteiger partial charge in [-0.2, -0.15) is 0 Å². The van der Waals surface area contributed by atoms with Crippen LogP contribution in [0.5, 0.6) is 5.75 Å². The van der Waals surface area contributed by atoms with E-state index in [1.54, 1.807) is 6.20 Å². The first kappa shape index (κ1) is 14.3. The Morgan fingerprint density at radius 3 is 2.70 bits per heavy atom. The third-order valence-electron chi connectivity index (χ3n) is 2.52. The van der Waals surface area contributed by atoms with E-state index in [4.69, 9.17) is 9.84 Å². The summed E-state index contributed by atoms with van der Waals surface area (Å²) in [5, 5.41) is 9.37. The maximum Gasteiger partial charge on any atom is 0.328 e. The summed E-state index contributed by atoms with van der Waals surface area (Å²) >= 11 is 1.42. The molecule has 5 heteroatoms. The Bertz CT molecular complexity index is 626. The SMILES string of the molecule is Cc1cc(C)cc(OCc2ncc(/C=C/C(=O)O)s2)c1. The van der Waals surface area contributed by atoms with Gasteiger partial charge in [0, 0.05) is 17.2 Å². The van der Waals surface area contributed by atoms with Crippen LogP contribution in [-0.4, -0.2) is 16.1 Å². The highest BCUT2D eigenvalue weighted by atomic mass is 32.1. The first-order valence-corrected chi connectivity index (χ1v) is 6.91. The van der Waals surface area contributed by atoms with Gasteiger partial charge in [-0.15, -0.1) is 11.3 Å². The first-order valence-electron chi connectivity index (χ1n) is 6.10. The molecule has 1 aromatic heterocycles. The number of hydrogen-bond donors (Lipinski definition) is 1. The zero-order valence-electron chi connectivity index (χ0n) is 11.3. The Morgan fingerprint density at radius 1 is 1.35 bits per heavy atom. The van der Waals surface area contributed by atoms with E-state index >= 15 is 0 Å². The van der Waals surface area contributed by atoms with Crippen molar-refractivity contribution in [2.24, 2.45) is 0 Å². The smallest absolute Gasteiger partial charge is 0.328 e. The fourth-order valence-corrected chi connectivity index (χ4v) is 2.52. The number of aliphatic carboxylic acids is 1. The summed E-state index contributed by atoms with van der Waals surface area (Å²) < 4.78 is 5.70. The van der Waals surface area contributed by atoms with Crippen molar-refractivity contribution in [3.63, 3.8) is 0 Å². The lowest BCUT2D eigenvalue weighted by Gasteiger charge is -2.06. The van der Waals surface area contributed by atoms with Crippen molar-refractivity contribution in [2.45, 2.75) is 20.5 Å². The van der Waals surface area contributed by atoms with Crippen LogP contribution in [0.2, 0.25) is 0 Å². The van der Waals surface area contributed by atoms with Crippen LogP contribution >= 0.6 is 11.3 Å². The monoisotopic (exact) mass is 289 g/mol. The van der Waals surface area contributed by atoms with E-state index in [0.29, 0.717) is 6.61 Å². The third-order valence-corrected chi connectivity index (χ3v) is 3.46. The van der Waals surface area contributed by atoms with Crippen molar-refractivity contribution in [1.82, 2.24) is 4.98 Å². The summed E-state index contributed by atoms with van der Waals surface area (Å²) in [5.41, 5.74) is 2.31. The van der Waals surface area contributed by atoms with E-state index in [9.17, 15) is 4.79 Å². The van der Waals surface area contributed by atoms with Crippen molar-refractivity contribution in [3.8, 4) is 5.75 Å². The fourth-order valence-electron chi connectivity index (χ4n) is 1.78. The number of ether oxygens (including phenoxy) is 1.